The summed E-state index contributed by atoms with van der Waals surface area (Å²) in [7, 11) is 0. The fourth-order valence-electron chi connectivity index (χ4n) is 5.51. The maximum Gasteiger partial charge on any atom is 0.0447 e. The van der Waals surface area contributed by atoms with Crippen molar-refractivity contribution in [1.82, 2.24) is 4.90 Å². The van der Waals surface area contributed by atoms with Crippen molar-refractivity contribution in [3.8, 4) is 0 Å². The van der Waals surface area contributed by atoms with Crippen LogP contribution in [0.4, 0.5) is 0 Å². The highest BCUT2D eigenvalue weighted by atomic mass is 35.5. The second-order valence-corrected chi connectivity index (χ2v) is 8.96. The van der Waals surface area contributed by atoms with Crippen molar-refractivity contribution in [2.24, 2.45) is 11.7 Å². The molecule has 3 aliphatic carbocycles. The van der Waals surface area contributed by atoms with E-state index in [2.05, 4.69) is 29.2 Å². The van der Waals surface area contributed by atoms with Crippen molar-refractivity contribution in [1.29, 1.82) is 0 Å². The number of fused-ring (bicyclic) bond motifs is 1. The number of hydrogen-bond donors (Lipinski definition) is 1. The molecule has 2 aromatic carbocycles. The Labute approximate surface area is 177 Å². The highest BCUT2D eigenvalue weighted by molar-refractivity contribution is 6.32. The van der Waals surface area contributed by atoms with Crippen LogP contribution in [0.1, 0.15) is 53.4 Å². The summed E-state index contributed by atoms with van der Waals surface area (Å²) in [6.45, 7) is 3.37. The smallest absolute Gasteiger partial charge is 0.0447 e. The minimum atomic E-state index is 0. The molecule has 1 aliphatic heterocycles. The van der Waals surface area contributed by atoms with Gasteiger partial charge in [0.25, 0.3) is 0 Å². The monoisotopic (exact) mass is 422 g/mol. The van der Waals surface area contributed by atoms with E-state index in [1.165, 1.54) is 22.3 Å². The van der Waals surface area contributed by atoms with Crippen molar-refractivity contribution >= 4 is 35.6 Å². The van der Waals surface area contributed by atoms with Crippen LogP contribution in [0, 0.1) is 5.92 Å². The largest absolute Gasteiger partial charge is 0.328 e. The Morgan fingerprint density at radius 1 is 0.926 bits per heavy atom. The van der Waals surface area contributed by atoms with Gasteiger partial charge in [-0.1, -0.05) is 47.5 Å². The fourth-order valence-corrected chi connectivity index (χ4v) is 6.12. The van der Waals surface area contributed by atoms with E-state index < -0.39 is 0 Å². The minimum Gasteiger partial charge on any atom is -0.328 e. The Kier molecular flexibility index (Phi) is 5.48. The summed E-state index contributed by atoms with van der Waals surface area (Å²) >= 11 is 13.3. The fraction of sp³-hybridized carbons (Fsp3) is 0.455. The molecule has 2 nitrogen and oxygen atoms in total. The first kappa shape index (κ1) is 19.5. The van der Waals surface area contributed by atoms with Gasteiger partial charge in [0.15, 0.2) is 0 Å². The molecule has 0 aromatic heterocycles. The Hall–Kier alpha value is -0.770. The number of hydrogen-bond acceptors (Lipinski definition) is 2. The van der Waals surface area contributed by atoms with Crippen LogP contribution in [0.15, 0.2) is 36.4 Å². The van der Waals surface area contributed by atoms with Crippen LogP contribution < -0.4 is 5.73 Å². The maximum atomic E-state index is 6.71. The van der Waals surface area contributed by atoms with Crippen molar-refractivity contribution in [3.63, 3.8) is 0 Å². The second kappa shape index (κ2) is 7.57. The summed E-state index contributed by atoms with van der Waals surface area (Å²) in [6.07, 6.45) is 3.39. The van der Waals surface area contributed by atoms with E-state index in [1.54, 1.807) is 0 Å². The molecular weight excluding hydrogens is 399 g/mol. The lowest BCUT2D eigenvalue weighted by molar-refractivity contribution is 0.162. The number of halogens is 3. The van der Waals surface area contributed by atoms with Crippen LogP contribution in [0.25, 0.3) is 0 Å². The zero-order chi connectivity index (χ0) is 17.8. The van der Waals surface area contributed by atoms with E-state index in [0.29, 0.717) is 23.8 Å². The van der Waals surface area contributed by atoms with E-state index in [4.69, 9.17) is 28.9 Å². The average molecular weight is 424 g/mol. The summed E-state index contributed by atoms with van der Waals surface area (Å²) in [5, 5.41) is 1.82. The molecule has 6 rings (SSSR count). The Morgan fingerprint density at radius 3 is 2.26 bits per heavy atom. The molecule has 4 aliphatic rings. The van der Waals surface area contributed by atoms with E-state index in [-0.39, 0.29) is 12.4 Å². The molecule has 0 saturated carbocycles. The lowest BCUT2D eigenvalue weighted by Crippen LogP contribution is -2.45. The summed E-state index contributed by atoms with van der Waals surface area (Å²) in [5.41, 5.74) is 11.6. The third kappa shape index (κ3) is 3.20. The van der Waals surface area contributed by atoms with E-state index in [1.807, 2.05) is 12.1 Å². The first-order valence-electron chi connectivity index (χ1n) is 9.68. The average Bonchev–Trinajstić information content (AvgIpc) is 2.64. The van der Waals surface area contributed by atoms with E-state index >= 15 is 0 Å². The normalized spacial score (nSPS) is 27.0. The van der Waals surface area contributed by atoms with Crippen molar-refractivity contribution in [3.05, 3.63) is 68.7 Å². The lowest BCUT2D eigenvalue weighted by atomic mass is 9.59. The molecule has 1 fully saturated rings. The molecule has 144 valence electrons. The first-order chi connectivity index (χ1) is 12.6. The molecule has 1 heterocycles. The van der Waals surface area contributed by atoms with Crippen molar-refractivity contribution < 1.29 is 0 Å². The van der Waals surface area contributed by atoms with Crippen LogP contribution >= 0.6 is 35.6 Å². The lowest BCUT2D eigenvalue weighted by Gasteiger charge is -2.48. The highest BCUT2D eigenvalue weighted by Gasteiger charge is 2.45. The van der Waals surface area contributed by atoms with Crippen molar-refractivity contribution in [2.75, 3.05) is 19.6 Å². The molecule has 2 N–H and O–H groups in total. The number of nitrogens with two attached hydrogens (primary N) is 1. The van der Waals surface area contributed by atoms with Crippen LogP contribution in [-0.2, 0) is 0 Å². The van der Waals surface area contributed by atoms with Gasteiger partial charge in [0, 0.05) is 34.5 Å². The zero-order valence-corrected chi connectivity index (χ0v) is 17.5. The number of piperidine rings is 1. The second-order valence-electron chi connectivity index (χ2n) is 8.15. The molecule has 5 heteroatoms. The Bertz CT molecular complexity index is 845. The van der Waals surface area contributed by atoms with Gasteiger partial charge in [-0.2, -0.15) is 0 Å². The van der Waals surface area contributed by atoms with Crippen LogP contribution in [0.3, 0.4) is 0 Å². The molecule has 0 amide bonds. The van der Waals surface area contributed by atoms with Gasteiger partial charge in [-0.05, 0) is 72.7 Å². The predicted octanol–water partition coefficient (Wildman–Crippen LogP) is 5.44. The van der Waals surface area contributed by atoms with Crippen LogP contribution in [-0.4, -0.2) is 30.6 Å². The predicted molar refractivity (Wildman–Crippen MR) is 116 cm³/mol. The molecular formula is C22H25Cl3N2. The van der Waals surface area contributed by atoms with Gasteiger partial charge in [0.2, 0.25) is 0 Å². The third-order valence-corrected chi connectivity index (χ3v) is 7.34. The van der Waals surface area contributed by atoms with E-state index in [0.717, 1.165) is 48.9 Å². The maximum absolute atomic E-state index is 6.71. The van der Waals surface area contributed by atoms with E-state index in [9.17, 15) is 0 Å². The van der Waals surface area contributed by atoms with Gasteiger partial charge < -0.3 is 10.6 Å². The van der Waals surface area contributed by atoms with Gasteiger partial charge in [-0.3, -0.25) is 0 Å². The highest BCUT2D eigenvalue weighted by Crippen LogP contribution is 2.58. The number of rotatable bonds is 2. The third-order valence-electron chi connectivity index (χ3n) is 6.68. The zero-order valence-electron chi connectivity index (χ0n) is 15.2. The summed E-state index contributed by atoms with van der Waals surface area (Å²) < 4.78 is 0. The molecule has 3 atom stereocenters. The summed E-state index contributed by atoms with van der Waals surface area (Å²) in [6, 6.07) is 13.2. The summed E-state index contributed by atoms with van der Waals surface area (Å²) in [5.74, 6) is 1.31. The topological polar surface area (TPSA) is 29.3 Å². The molecule has 1 saturated heterocycles. The van der Waals surface area contributed by atoms with Crippen molar-refractivity contribution in [2.45, 2.75) is 37.1 Å². The molecule has 27 heavy (non-hydrogen) atoms. The SMILES string of the molecule is Cl.NC1CCN(CC2CC3c4cccc(Cl)c4C2c2cccc(Cl)c23)CC1. The van der Waals surface area contributed by atoms with Gasteiger partial charge in [-0.15, -0.1) is 12.4 Å². The molecule has 0 radical (unpaired) electrons. The minimum absolute atomic E-state index is 0. The van der Waals surface area contributed by atoms with Crippen LogP contribution in [0.2, 0.25) is 10.0 Å². The quantitative estimate of drug-likeness (QED) is 0.697. The standard InChI is InChI=1S/C22H24Cl2N2.ClH/c23-18-5-2-4-16-20-13(12-26-9-7-14(25)8-10-26)11-17(21(16)18)15-3-1-6-19(24)22(15)20;/h1-6,13-14,17,20H,7-12,25H2;1H. The van der Waals surface area contributed by atoms with Crippen LogP contribution in [0.5, 0.6) is 0 Å². The Morgan fingerprint density at radius 2 is 1.56 bits per heavy atom. The molecule has 2 bridgehead atoms. The molecule has 0 spiro atoms. The first-order valence-corrected chi connectivity index (χ1v) is 10.4. The van der Waals surface area contributed by atoms with Gasteiger partial charge in [0.1, 0.15) is 0 Å². The number of nitrogens with zero attached hydrogens (tertiary/aromatic N) is 1. The molecule has 3 unspecified atom stereocenters. The summed E-state index contributed by atoms with van der Waals surface area (Å²) in [4.78, 5) is 2.61. The van der Waals surface area contributed by atoms with Gasteiger partial charge in [0.05, 0.1) is 0 Å². The van der Waals surface area contributed by atoms with Gasteiger partial charge in [-0.25, -0.2) is 0 Å². The number of likely N-dealkylation sites (tertiary alicyclic amines) is 1. The van der Waals surface area contributed by atoms with Gasteiger partial charge >= 0.3 is 0 Å². The Balaban J connectivity index is 0.00000180. The molecule has 2 aromatic rings. The number of benzene rings is 2.